The van der Waals surface area contributed by atoms with E-state index in [-0.39, 0.29) is 30.4 Å². The number of rotatable bonds is 2. The molecule has 0 spiro atoms. The van der Waals surface area contributed by atoms with Crippen molar-refractivity contribution in [1.82, 2.24) is 20.0 Å². The third-order valence-corrected chi connectivity index (χ3v) is 5.83. The summed E-state index contributed by atoms with van der Waals surface area (Å²) in [5, 5.41) is 3.56. The van der Waals surface area contributed by atoms with E-state index in [4.69, 9.17) is 0 Å². The summed E-state index contributed by atoms with van der Waals surface area (Å²) >= 11 is 0. The second kappa shape index (κ2) is 6.25. The molecule has 3 aliphatic rings. The number of likely N-dealkylation sites (N-methyl/N-ethyl adjacent to an activating group) is 2. The number of urea groups is 1. The van der Waals surface area contributed by atoms with Gasteiger partial charge in [-0.25, -0.2) is 4.79 Å². The first kappa shape index (κ1) is 17.3. The van der Waals surface area contributed by atoms with Crippen LogP contribution in [0.4, 0.5) is 10.5 Å². The molecular formula is C19H27N5O2. The van der Waals surface area contributed by atoms with Crippen molar-refractivity contribution in [2.75, 3.05) is 31.6 Å². The van der Waals surface area contributed by atoms with E-state index in [0.29, 0.717) is 12.5 Å². The average Bonchev–Trinajstić information content (AvgIpc) is 3.00. The molecule has 3 amide bonds. The first-order valence-corrected chi connectivity index (χ1v) is 9.36. The molecule has 4 atom stereocenters. The van der Waals surface area contributed by atoms with Gasteiger partial charge in [-0.3, -0.25) is 19.9 Å². The molecule has 3 heterocycles. The van der Waals surface area contributed by atoms with Gasteiger partial charge in [0.15, 0.2) is 0 Å². The Kier molecular flexibility index (Phi) is 4.16. The zero-order valence-corrected chi connectivity index (χ0v) is 15.8. The van der Waals surface area contributed by atoms with Gasteiger partial charge in [-0.1, -0.05) is 25.1 Å². The predicted octanol–water partition coefficient (Wildman–Crippen LogP) is 1.25. The highest BCUT2D eigenvalue weighted by atomic mass is 16.2. The molecule has 7 heteroatoms. The third-order valence-electron chi connectivity index (χ3n) is 5.83. The van der Waals surface area contributed by atoms with Gasteiger partial charge in [-0.2, -0.15) is 0 Å². The SMILES string of the molecule is CCN1C(=O)C2C(NC3N(c4ccccc4C)CC(C)CN23)N(C)C1=O. The second-order valence-electron chi connectivity index (χ2n) is 7.65. The number of benzene rings is 1. The Morgan fingerprint density at radius 2 is 1.92 bits per heavy atom. The number of aryl methyl sites for hydroxylation is 1. The summed E-state index contributed by atoms with van der Waals surface area (Å²) in [5.74, 6) is 0.339. The molecule has 1 aromatic rings. The Morgan fingerprint density at radius 1 is 1.19 bits per heavy atom. The van der Waals surface area contributed by atoms with E-state index in [1.54, 1.807) is 11.9 Å². The molecule has 0 aliphatic carbocycles. The lowest BCUT2D eigenvalue weighted by Crippen LogP contribution is -2.66. The standard InChI is InChI=1S/C19H27N5O2/c1-5-22-17(25)15-16(21(4)19(22)26)20-18-23(10-12(2)11-24(15)18)14-9-7-6-8-13(14)3/h6-9,12,15-16,18,20H,5,10-11H2,1-4H3. The van der Waals surface area contributed by atoms with Crippen molar-refractivity contribution in [1.29, 1.82) is 0 Å². The largest absolute Gasteiger partial charge is 0.343 e. The monoisotopic (exact) mass is 357 g/mol. The zero-order valence-electron chi connectivity index (χ0n) is 15.8. The van der Waals surface area contributed by atoms with Gasteiger partial charge in [-0.15, -0.1) is 0 Å². The van der Waals surface area contributed by atoms with Crippen molar-refractivity contribution < 1.29 is 9.59 Å². The lowest BCUT2D eigenvalue weighted by molar-refractivity contribution is -0.138. The number of anilines is 1. The number of nitrogens with zero attached hydrogens (tertiary/aromatic N) is 4. The number of para-hydroxylation sites is 1. The van der Waals surface area contributed by atoms with Crippen LogP contribution >= 0.6 is 0 Å². The molecule has 1 N–H and O–H groups in total. The number of hydrogen-bond acceptors (Lipinski definition) is 5. The van der Waals surface area contributed by atoms with E-state index in [1.165, 1.54) is 16.2 Å². The fraction of sp³-hybridized carbons (Fsp3) is 0.579. The zero-order chi connectivity index (χ0) is 18.6. The summed E-state index contributed by atoms with van der Waals surface area (Å²) in [6.07, 6.45) is -0.377. The van der Waals surface area contributed by atoms with E-state index in [0.717, 1.165) is 13.1 Å². The predicted molar refractivity (Wildman–Crippen MR) is 99.4 cm³/mol. The van der Waals surface area contributed by atoms with Crippen molar-refractivity contribution in [2.24, 2.45) is 5.92 Å². The van der Waals surface area contributed by atoms with Crippen LogP contribution in [0.1, 0.15) is 19.4 Å². The topological polar surface area (TPSA) is 59.1 Å². The first-order chi connectivity index (χ1) is 12.4. The number of fused-ring (bicyclic) bond motifs is 3. The van der Waals surface area contributed by atoms with Crippen molar-refractivity contribution >= 4 is 17.6 Å². The fourth-order valence-corrected chi connectivity index (χ4v) is 4.58. The Bertz CT molecular complexity index is 738. The second-order valence-corrected chi connectivity index (χ2v) is 7.65. The van der Waals surface area contributed by atoms with Crippen molar-refractivity contribution in [2.45, 2.75) is 39.3 Å². The molecule has 4 unspecified atom stereocenters. The van der Waals surface area contributed by atoms with Crippen LogP contribution in [0.25, 0.3) is 0 Å². The van der Waals surface area contributed by atoms with Gasteiger partial charge in [0.2, 0.25) is 0 Å². The Labute approximate surface area is 154 Å². The molecule has 0 bridgehead atoms. The lowest BCUT2D eigenvalue weighted by atomic mass is 10.0. The molecule has 140 valence electrons. The molecule has 26 heavy (non-hydrogen) atoms. The van der Waals surface area contributed by atoms with Crippen LogP contribution in [0.3, 0.4) is 0 Å². The molecule has 4 rings (SSSR count). The maximum atomic E-state index is 13.0. The van der Waals surface area contributed by atoms with Gasteiger partial charge in [0.25, 0.3) is 5.91 Å². The molecule has 7 nitrogen and oxygen atoms in total. The van der Waals surface area contributed by atoms with Crippen LogP contribution in [0.15, 0.2) is 24.3 Å². The van der Waals surface area contributed by atoms with Crippen LogP contribution < -0.4 is 10.2 Å². The Hall–Kier alpha value is -2.12. The highest BCUT2D eigenvalue weighted by Gasteiger charge is 2.56. The minimum Gasteiger partial charge on any atom is -0.343 e. The summed E-state index contributed by atoms with van der Waals surface area (Å²) in [6, 6.07) is 7.78. The van der Waals surface area contributed by atoms with E-state index < -0.39 is 0 Å². The molecular weight excluding hydrogens is 330 g/mol. The Balaban J connectivity index is 1.72. The van der Waals surface area contributed by atoms with Gasteiger partial charge < -0.3 is 9.80 Å². The number of hydrogen-bond donors (Lipinski definition) is 1. The van der Waals surface area contributed by atoms with Crippen LogP contribution in [0.5, 0.6) is 0 Å². The first-order valence-electron chi connectivity index (χ1n) is 9.36. The van der Waals surface area contributed by atoms with Crippen LogP contribution in [-0.4, -0.2) is 71.8 Å². The normalized spacial score (nSPS) is 32.1. The van der Waals surface area contributed by atoms with Crippen molar-refractivity contribution in [3.05, 3.63) is 29.8 Å². The summed E-state index contributed by atoms with van der Waals surface area (Å²) < 4.78 is 0. The fourth-order valence-electron chi connectivity index (χ4n) is 4.58. The summed E-state index contributed by atoms with van der Waals surface area (Å²) in [6.45, 7) is 8.34. The van der Waals surface area contributed by atoms with Crippen molar-refractivity contribution in [3.8, 4) is 0 Å². The van der Waals surface area contributed by atoms with Gasteiger partial charge in [0.05, 0.1) is 0 Å². The number of amides is 3. The average molecular weight is 357 g/mol. The molecule has 3 fully saturated rings. The maximum Gasteiger partial charge on any atom is 0.327 e. The molecule has 0 aromatic heterocycles. The highest BCUT2D eigenvalue weighted by Crippen LogP contribution is 2.35. The summed E-state index contributed by atoms with van der Waals surface area (Å²) in [7, 11) is 1.78. The number of carbonyl (C=O) groups excluding carboxylic acids is 2. The van der Waals surface area contributed by atoms with Gasteiger partial charge >= 0.3 is 6.03 Å². The number of carbonyl (C=O) groups is 2. The van der Waals surface area contributed by atoms with E-state index in [1.807, 2.05) is 19.1 Å². The lowest BCUT2D eigenvalue weighted by Gasteiger charge is -2.46. The van der Waals surface area contributed by atoms with Gasteiger partial charge in [-0.05, 0) is 31.4 Å². The van der Waals surface area contributed by atoms with Gasteiger partial charge in [0.1, 0.15) is 18.5 Å². The molecule has 0 radical (unpaired) electrons. The smallest absolute Gasteiger partial charge is 0.327 e. The van der Waals surface area contributed by atoms with Crippen LogP contribution in [0, 0.1) is 12.8 Å². The maximum absolute atomic E-state index is 13.0. The molecule has 1 aromatic carbocycles. The molecule has 0 saturated carbocycles. The van der Waals surface area contributed by atoms with Crippen LogP contribution in [0.2, 0.25) is 0 Å². The van der Waals surface area contributed by atoms with E-state index >= 15 is 0 Å². The van der Waals surface area contributed by atoms with E-state index in [9.17, 15) is 9.59 Å². The summed E-state index contributed by atoms with van der Waals surface area (Å²) in [4.78, 5) is 33.2. The third kappa shape index (κ3) is 2.41. The van der Waals surface area contributed by atoms with E-state index in [2.05, 4.69) is 41.1 Å². The van der Waals surface area contributed by atoms with Crippen LogP contribution in [-0.2, 0) is 4.79 Å². The van der Waals surface area contributed by atoms with Gasteiger partial charge in [0, 0.05) is 32.4 Å². The summed E-state index contributed by atoms with van der Waals surface area (Å²) in [5.41, 5.74) is 2.39. The Morgan fingerprint density at radius 3 is 2.62 bits per heavy atom. The molecule has 3 saturated heterocycles. The highest BCUT2D eigenvalue weighted by molar-refractivity contribution is 6.00. The quantitative estimate of drug-likeness (QED) is 0.863. The number of imide groups is 1. The minimum absolute atomic E-state index is 0.0849. The number of nitrogens with one attached hydrogen (secondary N) is 1. The van der Waals surface area contributed by atoms with Crippen molar-refractivity contribution in [3.63, 3.8) is 0 Å². The molecule has 3 aliphatic heterocycles. The minimum atomic E-state index is -0.336.